The molecule has 1 rings (SSSR count). The fourth-order valence-electron chi connectivity index (χ4n) is 1.88. The highest BCUT2D eigenvalue weighted by molar-refractivity contribution is 5.83. The van der Waals surface area contributed by atoms with Crippen molar-refractivity contribution in [1.82, 2.24) is 4.90 Å². The van der Waals surface area contributed by atoms with Crippen LogP contribution in [0.2, 0.25) is 0 Å². The molecule has 0 N–H and O–H groups in total. The Bertz CT molecular complexity index is 333. The third-order valence-corrected chi connectivity index (χ3v) is 2.85. The number of hydrogen-bond donors (Lipinski definition) is 0. The van der Waals surface area contributed by atoms with E-state index in [-0.39, 0.29) is 30.5 Å². The monoisotopic (exact) mass is 271 g/mol. The van der Waals surface area contributed by atoms with Gasteiger partial charge in [0.1, 0.15) is 12.2 Å². The number of hydrogen-bond acceptors (Lipinski definition) is 4. The van der Waals surface area contributed by atoms with Gasteiger partial charge in [-0.3, -0.25) is 4.79 Å². The summed E-state index contributed by atoms with van der Waals surface area (Å²) in [5.74, 6) is -0.0500. The Hall–Kier alpha value is -1.10. The van der Waals surface area contributed by atoms with Crippen LogP contribution in [0.4, 0.5) is 4.79 Å². The molecule has 1 heterocycles. The standard InChI is InChI=1S/C14H25NO4/c1-10(2)18-9-12(16)11-6-7-15(8-11)13(17)19-14(3,4)5/h10-11H,6-9H2,1-5H3. The molecule has 1 atom stereocenters. The molecular formula is C14H25NO4. The molecule has 1 aliphatic rings. The Kier molecular flexibility index (Phi) is 5.35. The van der Waals surface area contributed by atoms with Crippen LogP contribution >= 0.6 is 0 Å². The fraction of sp³-hybridized carbons (Fsp3) is 0.857. The Morgan fingerprint density at radius 3 is 2.47 bits per heavy atom. The Morgan fingerprint density at radius 1 is 1.32 bits per heavy atom. The van der Waals surface area contributed by atoms with Gasteiger partial charge in [0, 0.05) is 19.0 Å². The number of ketones is 1. The molecule has 19 heavy (non-hydrogen) atoms. The van der Waals surface area contributed by atoms with E-state index in [0.29, 0.717) is 19.5 Å². The summed E-state index contributed by atoms with van der Waals surface area (Å²) in [6, 6.07) is 0. The van der Waals surface area contributed by atoms with Gasteiger partial charge in [0.25, 0.3) is 0 Å². The van der Waals surface area contributed by atoms with Crippen LogP contribution in [-0.4, -0.2) is 48.2 Å². The quantitative estimate of drug-likeness (QED) is 0.787. The summed E-state index contributed by atoms with van der Waals surface area (Å²) in [5, 5.41) is 0. The van der Waals surface area contributed by atoms with E-state index in [1.807, 2.05) is 34.6 Å². The van der Waals surface area contributed by atoms with Gasteiger partial charge in [-0.2, -0.15) is 0 Å². The number of ether oxygens (including phenoxy) is 2. The van der Waals surface area contributed by atoms with Crippen LogP contribution in [0, 0.1) is 5.92 Å². The molecule has 1 unspecified atom stereocenters. The van der Waals surface area contributed by atoms with Crippen molar-refractivity contribution in [2.45, 2.75) is 52.7 Å². The maximum atomic E-state index is 11.9. The van der Waals surface area contributed by atoms with Crippen LogP contribution < -0.4 is 0 Å². The minimum absolute atomic E-state index is 0.0484. The summed E-state index contributed by atoms with van der Waals surface area (Å²) < 4.78 is 10.6. The van der Waals surface area contributed by atoms with Gasteiger partial charge in [0.2, 0.25) is 0 Å². The first-order chi connectivity index (χ1) is 8.69. The summed E-state index contributed by atoms with van der Waals surface area (Å²) >= 11 is 0. The smallest absolute Gasteiger partial charge is 0.410 e. The minimum Gasteiger partial charge on any atom is -0.444 e. The van der Waals surface area contributed by atoms with Crippen LogP contribution in [0.1, 0.15) is 41.0 Å². The van der Waals surface area contributed by atoms with Gasteiger partial charge in [0.05, 0.1) is 6.10 Å². The Balaban J connectivity index is 2.41. The van der Waals surface area contributed by atoms with E-state index in [0.717, 1.165) is 0 Å². The lowest BCUT2D eigenvalue weighted by Gasteiger charge is -2.24. The van der Waals surface area contributed by atoms with Gasteiger partial charge in [-0.1, -0.05) is 0 Å². The van der Waals surface area contributed by atoms with Crippen molar-refractivity contribution < 1.29 is 19.1 Å². The number of rotatable bonds is 4. The summed E-state index contributed by atoms with van der Waals surface area (Å²) in [7, 11) is 0. The molecular weight excluding hydrogens is 246 g/mol. The van der Waals surface area contributed by atoms with Gasteiger partial charge in [0.15, 0.2) is 5.78 Å². The summed E-state index contributed by atoms with van der Waals surface area (Å²) in [4.78, 5) is 25.4. The number of amides is 1. The SMILES string of the molecule is CC(C)OCC(=O)C1CCN(C(=O)OC(C)(C)C)C1. The average molecular weight is 271 g/mol. The molecule has 0 bridgehead atoms. The number of Topliss-reactive ketones (excluding diaryl/α,β-unsaturated/α-hetero) is 1. The molecule has 0 aromatic rings. The van der Waals surface area contributed by atoms with E-state index in [2.05, 4.69) is 0 Å². The third-order valence-electron chi connectivity index (χ3n) is 2.85. The highest BCUT2D eigenvalue weighted by Gasteiger charge is 2.33. The molecule has 0 aliphatic carbocycles. The van der Waals surface area contributed by atoms with E-state index in [1.165, 1.54) is 0 Å². The molecule has 1 aliphatic heterocycles. The lowest BCUT2D eigenvalue weighted by molar-refractivity contribution is -0.128. The summed E-state index contributed by atoms with van der Waals surface area (Å²) in [6.07, 6.45) is 0.402. The lowest BCUT2D eigenvalue weighted by atomic mass is 10.0. The highest BCUT2D eigenvalue weighted by atomic mass is 16.6. The zero-order chi connectivity index (χ0) is 14.6. The van der Waals surface area contributed by atoms with Crippen molar-refractivity contribution in [3.05, 3.63) is 0 Å². The average Bonchev–Trinajstić information content (AvgIpc) is 2.72. The molecule has 0 aromatic carbocycles. The molecule has 1 fully saturated rings. The third kappa shape index (κ3) is 5.59. The molecule has 5 heteroatoms. The predicted molar refractivity (Wildman–Crippen MR) is 72.0 cm³/mol. The van der Waals surface area contributed by atoms with Crippen molar-refractivity contribution in [3.63, 3.8) is 0 Å². The van der Waals surface area contributed by atoms with Crippen molar-refractivity contribution in [3.8, 4) is 0 Å². The lowest BCUT2D eigenvalue weighted by Crippen LogP contribution is -2.36. The highest BCUT2D eigenvalue weighted by Crippen LogP contribution is 2.20. The molecule has 1 saturated heterocycles. The first-order valence-electron chi connectivity index (χ1n) is 6.81. The van der Waals surface area contributed by atoms with Crippen LogP contribution in [0.3, 0.4) is 0 Å². The van der Waals surface area contributed by atoms with E-state index in [9.17, 15) is 9.59 Å². The van der Waals surface area contributed by atoms with E-state index < -0.39 is 5.60 Å². The molecule has 0 aromatic heterocycles. The molecule has 5 nitrogen and oxygen atoms in total. The molecule has 0 saturated carbocycles. The van der Waals surface area contributed by atoms with Gasteiger partial charge in [-0.05, 0) is 41.0 Å². The topological polar surface area (TPSA) is 55.8 Å². The van der Waals surface area contributed by atoms with E-state index >= 15 is 0 Å². The van der Waals surface area contributed by atoms with E-state index in [4.69, 9.17) is 9.47 Å². The Labute approximate surface area is 115 Å². The van der Waals surface area contributed by atoms with Crippen molar-refractivity contribution in [2.75, 3.05) is 19.7 Å². The number of nitrogens with zero attached hydrogens (tertiary/aromatic N) is 1. The van der Waals surface area contributed by atoms with Crippen molar-refractivity contribution in [2.24, 2.45) is 5.92 Å². The second-order valence-corrected chi connectivity index (χ2v) is 6.24. The summed E-state index contributed by atoms with van der Waals surface area (Å²) in [6.45, 7) is 10.4. The Morgan fingerprint density at radius 2 is 1.95 bits per heavy atom. The van der Waals surface area contributed by atoms with Crippen molar-refractivity contribution >= 4 is 11.9 Å². The van der Waals surface area contributed by atoms with E-state index in [1.54, 1.807) is 4.90 Å². The van der Waals surface area contributed by atoms with Gasteiger partial charge in [-0.15, -0.1) is 0 Å². The van der Waals surface area contributed by atoms with Crippen LogP contribution in [-0.2, 0) is 14.3 Å². The molecule has 1 amide bonds. The van der Waals surface area contributed by atoms with Gasteiger partial charge in [-0.25, -0.2) is 4.79 Å². The second kappa shape index (κ2) is 6.37. The van der Waals surface area contributed by atoms with Crippen molar-refractivity contribution in [1.29, 1.82) is 0 Å². The zero-order valence-corrected chi connectivity index (χ0v) is 12.6. The van der Waals surface area contributed by atoms with Crippen LogP contribution in [0.5, 0.6) is 0 Å². The summed E-state index contributed by atoms with van der Waals surface area (Å²) in [5.41, 5.74) is -0.500. The minimum atomic E-state index is -0.500. The second-order valence-electron chi connectivity index (χ2n) is 6.24. The molecule has 0 spiro atoms. The molecule has 110 valence electrons. The maximum Gasteiger partial charge on any atom is 0.410 e. The zero-order valence-electron chi connectivity index (χ0n) is 12.6. The van der Waals surface area contributed by atoms with Gasteiger partial charge < -0.3 is 14.4 Å². The van der Waals surface area contributed by atoms with Gasteiger partial charge >= 0.3 is 6.09 Å². The number of carbonyl (C=O) groups excluding carboxylic acids is 2. The normalized spacial score (nSPS) is 19.9. The number of likely N-dealkylation sites (tertiary alicyclic amines) is 1. The largest absolute Gasteiger partial charge is 0.444 e. The molecule has 0 radical (unpaired) electrons. The maximum absolute atomic E-state index is 11.9. The first kappa shape index (κ1) is 16.0. The fourth-order valence-corrected chi connectivity index (χ4v) is 1.88. The first-order valence-corrected chi connectivity index (χ1v) is 6.81. The van der Waals surface area contributed by atoms with Crippen LogP contribution in [0.25, 0.3) is 0 Å². The predicted octanol–water partition coefficient (Wildman–Crippen LogP) is 2.24. The number of carbonyl (C=O) groups is 2. The van der Waals surface area contributed by atoms with Crippen LogP contribution in [0.15, 0.2) is 0 Å².